The molecule has 1 aromatic heterocycles. The fraction of sp³-hybridized carbons (Fsp3) is 0.421. The van der Waals surface area contributed by atoms with E-state index in [4.69, 9.17) is 4.74 Å². The molecule has 0 saturated carbocycles. The van der Waals surface area contributed by atoms with E-state index in [2.05, 4.69) is 10.0 Å². The molecular weight excluding hydrogens is 494 g/mol. The van der Waals surface area contributed by atoms with Gasteiger partial charge in [-0.15, -0.1) is 0 Å². The molecular formula is C19H18F6N4O4S. The van der Waals surface area contributed by atoms with E-state index < -0.39 is 68.6 Å². The van der Waals surface area contributed by atoms with E-state index in [1.165, 1.54) is 7.05 Å². The van der Waals surface area contributed by atoms with Crippen LogP contribution in [0.5, 0.6) is 5.75 Å². The number of hydrogen-bond donors (Lipinski definition) is 2. The molecule has 15 heteroatoms. The van der Waals surface area contributed by atoms with E-state index in [9.17, 15) is 39.6 Å². The molecule has 2 N–H and O–H groups in total. The van der Waals surface area contributed by atoms with Crippen LogP contribution in [0.1, 0.15) is 10.5 Å². The van der Waals surface area contributed by atoms with Gasteiger partial charge in [0.1, 0.15) is 4.90 Å². The zero-order valence-corrected chi connectivity index (χ0v) is 18.2. The number of sulfonamides is 1. The minimum Gasteiger partial charge on any atom is -0.489 e. The molecule has 0 spiro atoms. The first kappa shape index (κ1) is 24.3. The Morgan fingerprint density at radius 1 is 1.21 bits per heavy atom. The van der Waals surface area contributed by atoms with Crippen LogP contribution in [0.3, 0.4) is 0 Å². The third-order valence-electron chi connectivity index (χ3n) is 5.52. The van der Waals surface area contributed by atoms with Gasteiger partial charge in [0.25, 0.3) is 5.91 Å². The molecule has 3 heterocycles. The van der Waals surface area contributed by atoms with Crippen molar-refractivity contribution >= 4 is 21.6 Å². The fourth-order valence-electron chi connectivity index (χ4n) is 4.09. The molecule has 0 aliphatic carbocycles. The van der Waals surface area contributed by atoms with Gasteiger partial charge in [-0.05, 0) is 0 Å². The molecule has 8 nitrogen and oxygen atoms in total. The number of benzene rings is 1. The summed E-state index contributed by atoms with van der Waals surface area (Å²) in [4.78, 5) is 13.5. The smallest absolute Gasteiger partial charge is 0.401 e. The average molecular weight is 512 g/mol. The number of hydrogen-bond acceptors (Lipinski definition) is 5. The Labute approximate surface area is 189 Å². The van der Waals surface area contributed by atoms with E-state index >= 15 is 0 Å². The first-order valence-electron chi connectivity index (χ1n) is 9.84. The van der Waals surface area contributed by atoms with Gasteiger partial charge in [0.2, 0.25) is 10.0 Å². The Hall–Kier alpha value is -2.78. The number of halogens is 6. The van der Waals surface area contributed by atoms with Crippen molar-refractivity contribution in [3.8, 4) is 5.75 Å². The van der Waals surface area contributed by atoms with Gasteiger partial charge in [0.05, 0.1) is 13.2 Å². The second-order valence-electron chi connectivity index (χ2n) is 8.10. The fourth-order valence-corrected chi connectivity index (χ4v) is 5.58. The highest BCUT2D eigenvalue weighted by Gasteiger charge is 2.43. The second-order valence-corrected chi connectivity index (χ2v) is 9.78. The number of carbonyl (C=O) groups excluding carboxylic acids is 1. The number of fused-ring (bicyclic) bond motifs is 2. The number of nitrogens with one attached hydrogen (secondary N) is 2. The molecule has 2 aromatic rings. The molecule has 4 rings (SSSR count). The van der Waals surface area contributed by atoms with Gasteiger partial charge in [-0.1, -0.05) is 0 Å². The standard InChI is InChI=1S/C19H18F6N4O4S/c1-28-6-14-17(16(28)18(30)26-10-2-11(20)15(22)12(21)3-10)33-7-9-4-29(8-19(23,24)25)5-13(9)27-34(14,31)32/h2-3,6,9,13,27H,4-5,7-8H2,1H3,(H,26,30)/t9-,13-/m1/s1. The number of likely N-dealkylation sites (tertiary alicyclic amines) is 1. The van der Waals surface area contributed by atoms with Crippen molar-refractivity contribution < 1.29 is 44.3 Å². The highest BCUT2D eigenvalue weighted by atomic mass is 32.2. The van der Waals surface area contributed by atoms with Crippen molar-refractivity contribution in [1.29, 1.82) is 0 Å². The van der Waals surface area contributed by atoms with Crippen molar-refractivity contribution in [3.63, 3.8) is 0 Å². The molecule has 34 heavy (non-hydrogen) atoms. The van der Waals surface area contributed by atoms with E-state index in [0.29, 0.717) is 12.1 Å². The van der Waals surface area contributed by atoms with Crippen LogP contribution in [0.4, 0.5) is 32.0 Å². The number of amides is 1. The van der Waals surface area contributed by atoms with Crippen LogP contribution in [-0.2, 0) is 17.1 Å². The summed E-state index contributed by atoms with van der Waals surface area (Å²) in [5, 5.41) is 2.15. The van der Waals surface area contributed by atoms with Gasteiger partial charge >= 0.3 is 6.18 Å². The first-order chi connectivity index (χ1) is 15.7. The topological polar surface area (TPSA) is 92.7 Å². The third kappa shape index (κ3) is 4.72. The van der Waals surface area contributed by atoms with Crippen LogP contribution in [-0.4, -0.2) is 62.3 Å². The summed E-state index contributed by atoms with van der Waals surface area (Å²) in [5.41, 5.74) is -0.754. The normalized spacial score (nSPS) is 22.3. The third-order valence-corrected chi connectivity index (χ3v) is 7.00. The Bertz CT molecular complexity index is 1220. The van der Waals surface area contributed by atoms with Crippen LogP contribution in [0.15, 0.2) is 23.2 Å². The molecule has 0 bridgehead atoms. The molecule has 1 fully saturated rings. The highest BCUT2D eigenvalue weighted by molar-refractivity contribution is 7.89. The molecule has 0 unspecified atom stereocenters. The van der Waals surface area contributed by atoms with E-state index in [1.54, 1.807) is 0 Å². The lowest BCUT2D eigenvalue weighted by Crippen LogP contribution is -2.43. The van der Waals surface area contributed by atoms with Crippen LogP contribution in [0.2, 0.25) is 0 Å². The Kier molecular flexibility index (Phi) is 6.06. The SMILES string of the molecule is Cn1cc2c(c1C(=O)Nc1cc(F)c(F)c(F)c1)OC[C@H]1CN(CC(F)(F)F)C[C@H]1NS2(=O)=O. The monoisotopic (exact) mass is 512 g/mol. The number of carbonyl (C=O) groups is 1. The largest absolute Gasteiger partial charge is 0.489 e. The quantitative estimate of drug-likeness (QED) is 0.486. The summed E-state index contributed by atoms with van der Waals surface area (Å²) in [6.07, 6.45) is -3.39. The summed E-state index contributed by atoms with van der Waals surface area (Å²) in [7, 11) is -2.97. The van der Waals surface area contributed by atoms with Gasteiger partial charge in [-0.3, -0.25) is 9.69 Å². The maximum Gasteiger partial charge on any atom is 0.401 e. The summed E-state index contributed by atoms with van der Waals surface area (Å²) in [5.74, 6) is -6.84. The van der Waals surface area contributed by atoms with E-state index in [-0.39, 0.29) is 31.1 Å². The number of nitrogens with zero attached hydrogens (tertiary/aromatic N) is 2. The lowest BCUT2D eigenvalue weighted by molar-refractivity contribution is -0.143. The van der Waals surface area contributed by atoms with Crippen LogP contribution in [0, 0.1) is 23.4 Å². The van der Waals surface area contributed by atoms with Crippen molar-refractivity contribution in [2.24, 2.45) is 13.0 Å². The maximum absolute atomic E-state index is 13.5. The molecule has 1 saturated heterocycles. The minimum absolute atomic E-state index is 0.0927. The van der Waals surface area contributed by atoms with E-state index in [1.807, 2.05) is 0 Å². The molecule has 1 aromatic carbocycles. The predicted octanol–water partition coefficient (Wildman–Crippen LogP) is 2.23. The predicted molar refractivity (Wildman–Crippen MR) is 105 cm³/mol. The van der Waals surface area contributed by atoms with Crippen molar-refractivity contribution in [2.45, 2.75) is 17.1 Å². The Balaban J connectivity index is 1.62. The summed E-state index contributed by atoms with van der Waals surface area (Å²) in [6, 6.07) is 0.240. The number of ether oxygens (including phenoxy) is 1. The zero-order chi connectivity index (χ0) is 25.0. The van der Waals surface area contributed by atoms with Crippen molar-refractivity contribution in [1.82, 2.24) is 14.2 Å². The van der Waals surface area contributed by atoms with Crippen molar-refractivity contribution in [2.75, 3.05) is 31.6 Å². The Morgan fingerprint density at radius 2 is 1.85 bits per heavy atom. The molecule has 0 radical (unpaired) electrons. The average Bonchev–Trinajstić information content (AvgIpc) is 3.21. The van der Waals surface area contributed by atoms with Crippen LogP contribution < -0.4 is 14.8 Å². The lowest BCUT2D eigenvalue weighted by Gasteiger charge is -2.24. The number of aryl methyl sites for hydroxylation is 1. The van der Waals surface area contributed by atoms with Gasteiger partial charge in [0, 0.05) is 56.1 Å². The van der Waals surface area contributed by atoms with Gasteiger partial charge < -0.3 is 14.6 Å². The summed E-state index contributed by atoms with van der Waals surface area (Å²) in [6.45, 7) is -1.68. The molecule has 186 valence electrons. The van der Waals surface area contributed by atoms with Gasteiger partial charge in [-0.2, -0.15) is 13.2 Å². The lowest BCUT2D eigenvalue weighted by atomic mass is 10.1. The summed E-state index contributed by atoms with van der Waals surface area (Å²) >= 11 is 0. The number of aromatic nitrogens is 1. The molecule has 2 aliphatic rings. The highest BCUT2D eigenvalue weighted by Crippen LogP contribution is 2.35. The first-order valence-corrected chi connectivity index (χ1v) is 11.3. The van der Waals surface area contributed by atoms with Crippen molar-refractivity contribution in [3.05, 3.63) is 41.5 Å². The second kappa shape index (κ2) is 8.46. The van der Waals surface area contributed by atoms with Gasteiger partial charge in [0.15, 0.2) is 28.9 Å². The Morgan fingerprint density at radius 3 is 2.47 bits per heavy atom. The van der Waals surface area contributed by atoms with E-state index in [0.717, 1.165) is 15.7 Å². The zero-order valence-electron chi connectivity index (χ0n) is 17.4. The van der Waals surface area contributed by atoms with Gasteiger partial charge in [-0.25, -0.2) is 26.3 Å². The van der Waals surface area contributed by atoms with Crippen LogP contribution >= 0.6 is 0 Å². The maximum atomic E-state index is 13.5. The molecule has 2 atom stereocenters. The number of rotatable bonds is 3. The number of alkyl halides is 3. The minimum atomic E-state index is -4.46. The summed E-state index contributed by atoms with van der Waals surface area (Å²) < 4.78 is 113. The molecule has 1 amide bonds. The number of anilines is 1. The molecule has 2 aliphatic heterocycles. The van der Waals surface area contributed by atoms with Crippen LogP contribution in [0.25, 0.3) is 0 Å².